The van der Waals surface area contributed by atoms with Crippen LogP contribution in [0.4, 0.5) is 24.8 Å². The fourth-order valence-electron chi connectivity index (χ4n) is 4.64. The first-order chi connectivity index (χ1) is 18.1. The van der Waals surface area contributed by atoms with Gasteiger partial charge in [0.25, 0.3) is 0 Å². The van der Waals surface area contributed by atoms with Gasteiger partial charge in [-0.25, -0.2) is 15.0 Å². The van der Waals surface area contributed by atoms with Crippen LogP contribution in [0.5, 0.6) is 0 Å². The lowest BCUT2D eigenvalue weighted by molar-refractivity contribution is -0.137. The first-order valence-corrected chi connectivity index (χ1v) is 12.1. The second-order valence-electron chi connectivity index (χ2n) is 8.73. The minimum atomic E-state index is -4.59. The summed E-state index contributed by atoms with van der Waals surface area (Å²) in [5.74, 6) is -1.36. The molecule has 1 fully saturated rings. The smallest absolute Gasteiger partial charge is 0.383 e. The van der Waals surface area contributed by atoms with Crippen molar-refractivity contribution in [1.29, 1.82) is 5.26 Å². The topological polar surface area (TPSA) is 143 Å². The van der Waals surface area contributed by atoms with Crippen molar-refractivity contribution in [2.24, 2.45) is 5.92 Å². The predicted molar refractivity (Wildman–Crippen MR) is 134 cm³/mol. The highest BCUT2D eigenvalue weighted by Gasteiger charge is 2.40. The van der Waals surface area contributed by atoms with E-state index in [1.165, 1.54) is 15.5 Å². The fraction of sp³-hybridized carbons (Fsp3) is 0.250. The number of halogens is 4. The number of nitrogens with two attached hydrogens (primary N) is 1. The Hall–Kier alpha value is -4.25. The lowest BCUT2D eigenvalue weighted by Crippen LogP contribution is -2.44. The van der Waals surface area contributed by atoms with E-state index in [1.54, 1.807) is 18.2 Å². The second kappa shape index (κ2) is 9.56. The van der Waals surface area contributed by atoms with Crippen LogP contribution in [0, 0.1) is 17.2 Å². The summed E-state index contributed by atoms with van der Waals surface area (Å²) in [6.45, 7) is -0.329. The highest BCUT2D eigenvalue weighted by molar-refractivity contribution is 9.10. The number of anilines is 2. The Morgan fingerprint density at radius 1 is 1.24 bits per heavy atom. The van der Waals surface area contributed by atoms with Crippen LogP contribution in [0.15, 0.2) is 47.3 Å². The minimum Gasteiger partial charge on any atom is -0.383 e. The Morgan fingerprint density at radius 2 is 2.03 bits per heavy atom. The number of alkyl halides is 3. The van der Waals surface area contributed by atoms with Gasteiger partial charge in [-0.2, -0.15) is 18.4 Å². The molecular weight excluding hydrogens is 569 g/mol. The average molecular weight is 587 g/mol. The number of nitrogens with one attached hydrogen (secondary N) is 1. The number of likely N-dealkylation sites (tertiary alicyclic amines) is 1. The Morgan fingerprint density at radius 3 is 2.74 bits per heavy atom. The zero-order chi connectivity index (χ0) is 27.2. The molecule has 2 atom stereocenters. The van der Waals surface area contributed by atoms with Crippen LogP contribution in [0.3, 0.4) is 0 Å². The van der Waals surface area contributed by atoms with E-state index in [0.717, 1.165) is 18.5 Å². The molecule has 194 valence electrons. The monoisotopic (exact) mass is 586 g/mol. The van der Waals surface area contributed by atoms with Gasteiger partial charge in [0, 0.05) is 11.9 Å². The molecule has 10 nitrogen and oxygen atoms in total. The molecule has 1 aliphatic heterocycles. The molecule has 0 radical (unpaired) electrons. The second-order valence-corrected chi connectivity index (χ2v) is 9.54. The third kappa shape index (κ3) is 4.60. The third-order valence-electron chi connectivity index (χ3n) is 6.36. The van der Waals surface area contributed by atoms with Crippen LogP contribution < -0.4 is 11.1 Å². The number of nitrogens with zero attached hydrogens (tertiary/aromatic N) is 6. The highest BCUT2D eigenvalue weighted by Crippen LogP contribution is 2.37. The Kier molecular flexibility index (Phi) is 6.39. The lowest BCUT2D eigenvalue weighted by Gasteiger charge is -2.24. The molecule has 3 N–H and O–H groups in total. The van der Waals surface area contributed by atoms with Gasteiger partial charge in [-0.05, 0) is 52.7 Å². The van der Waals surface area contributed by atoms with Gasteiger partial charge >= 0.3 is 6.18 Å². The number of nitrogen functional groups attached to an aromatic ring is 1. The summed E-state index contributed by atoms with van der Waals surface area (Å²) >= 11 is 3.23. The number of carbonyl (C=O) groups excluding carboxylic acids is 2. The third-order valence-corrected chi connectivity index (χ3v) is 6.80. The number of fused-ring (bicyclic) bond motifs is 3. The molecule has 0 aliphatic carbocycles. The van der Waals surface area contributed by atoms with E-state index >= 15 is 0 Å². The van der Waals surface area contributed by atoms with Crippen LogP contribution >= 0.6 is 15.9 Å². The van der Waals surface area contributed by atoms with Gasteiger partial charge in [-0.3, -0.25) is 9.59 Å². The number of hydrogen-bond donors (Lipinski definition) is 2. The number of pyridine rings is 1. The molecule has 4 heterocycles. The van der Waals surface area contributed by atoms with Crippen molar-refractivity contribution < 1.29 is 22.8 Å². The van der Waals surface area contributed by atoms with Gasteiger partial charge in [0.05, 0.1) is 28.5 Å². The van der Waals surface area contributed by atoms with Crippen molar-refractivity contribution in [3.05, 3.63) is 52.9 Å². The molecule has 14 heteroatoms. The molecule has 0 unspecified atom stereocenters. The number of hydrogen-bond acceptors (Lipinski definition) is 7. The molecule has 2 amide bonds. The van der Waals surface area contributed by atoms with Crippen molar-refractivity contribution in [1.82, 2.24) is 24.4 Å². The lowest BCUT2D eigenvalue weighted by atomic mass is 10.1. The number of carbonyl (C=O) groups is 2. The molecular formula is C24H18BrF3N8O2. The quantitative estimate of drug-likeness (QED) is 0.347. The van der Waals surface area contributed by atoms with Gasteiger partial charge in [0.15, 0.2) is 0 Å². The van der Waals surface area contributed by atoms with E-state index in [0.29, 0.717) is 10.1 Å². The van der Waals surface area contributed by atoms with E-state index < -0.39 is 35.5 Å². The predicted octanol–water partition coefficient (Wildman–Crippen LogP) is 3.72. The molecule has 1 saturated heterocycles. The maximum Gasteiger partial charge on any atom is 0.416 e. The number of aromatic nitrogens is 4. The van der Waals surface area contributed by atoms with Crippen molar-refractivity contribution in [2.45, 2.75) is 25.2 Å². The number of amides is 2. The van der Waals surface area contributed by atoms with Gasteiger partial charge in [0.1, 0.15) is 40.8 Å². The molecule has 5 rings (SSSR count). The van der Waals surface area contributed by atoms with Crippen LogP contribution in [0.1, 0.15) is 12.0 Å². The maximum absolute atomic E-state index is 13.5. The van der Waals surface area contributed by atoms with Gasteiger partial charge < -0.3 is 20.5 Å². The number of rotatable bonds is 4. The molecule has 0 saturated carbocycles. The SMILES string of the molecule is N#C[C@H]1C[C@@H](C(=O)Nc2cccc(Br)n2)N(C(=O)Cn2c3ccc(C(F)(F)F)cc3c3c(N)ncnc32)C1. The standard InChI is InChI=1S/C24H18BrF3N8O2/c25-17-2-1-3-18(33-17)34-23(38)16-6-12(8-29)9-35(16)19(37)10-36-15-5-4-13(24(26,27)28)7-14(15)20-21(30)31-11-32-22(20)36/h1-5,7,11-12,16H,6,9-10H2,(H2,30,31,32)(H,33,34,38)/t12-,16+/m1/s1. The zero-order valence-corrected chi connectivity index (χ0v) is 21.0. The zero-order valence-electron chi connectivity index (χ0n) is 19.4. The van der Waals surface area contributed by atoms with Crippen LogP contribution in [0.25, 0.3) is 21.9 Å². The van der Waals surface area contributed by atoms with E-state index in [-0.39, 0.29) is 47.6 Å². The van der Waals surface area contributed by atoms with Crippen LogP contribution in [-0.4, -0.2) is 48.8 Å². The highest BCUT2D eigenvalue weighted by atomic mass is 79.9. The summed E-state index contributed by atoms with van der Waals surface area (Å²) in [4.78, 5) is 40.2. The Balaban J connectivity index is 1.50. The molecule has 3 aromatic heterocycles. The minimum absolute atomic E-state index is 0.0197. The van der Waals surface area contributed by atoms with E-state index in [2.05, 4.69) is 42.3 Å². The molecule has 38 heavy (non-hydrogen) atoms. The maximum atomic E-state index is 13.5. The summed E-state index contributed by atoms with van der Waals surface area (Å²) < 4.78 is 42.2. The molecule has 0 bridgehead atoms. The van der Waals surface area contributed by atoms with Crippen LogP contribution in [0.2, 0.25) is 0 Å². The molecule has 1 aliphatic rings. The largest absolute Gasteiger partial charge is 0.416 e. The first-order valence-electron chi connectivity index (χ1n) is 11.3. The van der Waals surface area contributed by atoms with E-state index in [4.69, 9.17) is 5.73 Å². The van der Waals surface area contributed by atoms with Crippen molar-refractivity contribution >= 4 is 61.3 Å². The number of nitriles is 1. The summed E-state index contributed by atoms with van der Waals surface area (Å²) in [5, 5.41) is 12.5. The van der Waals surface area contributed by atoms with Gasteiger partial charge in [0.2, 0.25) is 11.8 Å². The molecule has 1 aromatic carbocycles. The summed E-state index contributed by atoms with van der Waals surface area (Å²) in [6.07, 6.45) is -3.31. The van der Waals surface area contributed by atoms with Gasteiger partial charge in [-0.15, -0.1) is 0 Å². The summed E-state index contributed by atoms with van der Waals surface area (Å²) in [7, 11) is 0. The van der Waals surface area contributed by atoms with Crippen LogP contribution in [-0.2, 0) is 22.3 Å². The summed E-state index contributed by atoms with van der Waals surface area (Å²) in [5.41, 5.74) is 5.58. The number of benzene rings is 1. The Bertz CT molecular complexity index is 1630. The van der Waals surface area contributed by atoms with Crippen molar-refractivity contribution in [3.8, 4) is 6.07 Å². The fourth-order valence-corrected chi connectivity index (χ4v) is 4.99. The van der Waals surface area contributed by atoms with Crippen molar-refractivity contribution in [3.63, 3.8) is 0 Å². The molecule has 4 aromatic rings. The van der Waals surface area contributed by atoms with Crippen molar-refractivity contribution in [2.75, 3.05) is 17.6 Å². The summed E-state index contributed by atoms with van der Waals surface area (Å²) in [6, 6.07) is 9.22. The van der Waals surface area contributed by atoms with Gasteiger partial charge in [-0.1, -0.05) is 6.07 Å². The van der Waals surface area contributed by atoms with E-state index in [1.807, 2.05) is 0 Å². The average Bonchev–Trinajstić information content (AvgIpc) is 3.44. The Labute approximate surface area is 221 Å². The normalized spacial score (nSPS) is 17.6. The van der Waals surface area contributed by atoms with E-state index in [9.17, 15) is 28.0 Å². The molecule has 0 spiro atoms. The first kappa shape index (κ1) is 25.4.